The van der Waals surface area contributed by atoms with Crippen molar-refractivity contribution in [1.82, 2.24) is 9.97 Å². The Morgan fingerprint density at radius 2 is 2.12 bits per heavy atom. The summed E-state index contributed by atoms with van der Waals surface area (Å²) in [4.78, 5) is 35.2. The van der Waals surface area contributed by atoms with Gasteiger partial charge in [0.25, 0.3) is 5.91 Å². The van der Waals surface area contributed by atoms with Crippen LogP contribution in [-0.2, 0) is 18.0 Å². The molecule has 1 saturated heterocycles. The van der Waals surface area contributed by atoms with Gasteiger partial charge in [0.1, 0.15) is 11.6 Å². The van der Waals surface area contributed by atoms with Crippen molar-refractivity contribution in [1.29, 1.82) is 0 Å². The largest absolute Gasteiger partial charge is 0.494 e. The number of aromatic nitrogens is 2. The van der Waals surface area contributed by atoms with Crippen LogP contribution in [0.1, 0.15) is 46.9 Å². The van der Waals surface area contributed by atoms with Gasteiger partial charge in [-0.3, -0.25) is 9.59 Å². The number of H-pyrrole nitrogens is 1. The minimum Gasteiger partial charge on any atom is -0.494 e. The Kier molecular flexibility index (Phi) is 5.09. The molecule has 3 aromatic rings. The summed E-state index contributed by atoms with van der Waals surface area (Å²) in [5, 5.41) is 3.83. The first-order valence-corrected chi connectivity index (χ1v) is 10.8. The first kappa shape index (κ1) is 20.5. The number of nitrogens with one attached hydrogen (secondary N) is 2. The number of amides is 1. The summed E-state index contributed by atoms with van der Waals surface area (Å²) in [5.41, 5.74) is 4.21. The van der Waals surface area contributed by atoms with E-state index in [9.17, 15) is 9.59 Å². The SMILES string of the molecule is COc1cc(NC(=O)c2cc3c(nc2N2CCC[C@H]2C)COC3)cc2c(C)cc(=O)[nH]c12. The third-order valence-corrected chi connectivity index (χ3v) is 6.34. The Hall–Kier alpha value is -3.39. The maximum Gasteiger partial charge on any atom is 0.259 e. The molecular weight excluding hydrogens is 408 g/mol. The lowest BCUT2D eigenvalue weighted by Crippen LogP contribution is -2.30. The van der Waals surface area contributed by atoms with Crippen molar-refractivity contribution < 1.29 is 14.3 Å². The van der Waals surface area contributed by atoms with Crippen LogP contribution in [-0.4, -0.2) is 35.6 Å². The Bertz CT molecular complexity index is 1280. The summed E-state index contributed by atoms with van der Waals surface area (Å²) in [7, 11) is 1.54. The van der Waals surface area contributed by atoms with E-state index >= 15 is 0 Å². The van der Waals surface area contributed by atoms with E-state index in [1.54, 1.807) is 6.07 Å². The summed E-state index contributed by atoms with van der Waals surface area (Å²) < 4.78 is 11.0. The zero-order valence-corrected chi connectivity index (χ0v) is 18.4. The number of hydrogen-bond donors (Lipinski definition) is 2. The number of aryl methyl sites for hydroxylation is 1. The van der Waals surface area contributed by atoms with E-state index < -0.39 is 0 Å². The van der Waals surface area contributed by atoms with Gasteiger partial charge in [-0.15, -0.1) is 0 Å². The monoisotopic (exact) mass is 434 g/mol. The summed E-state index contributed by atoms with van der Waals surface area (Å²) in [6.45, 7) is 5.85. The quantitative estimate of drug-likeness (QED) is 0.652. The van der Waals surface area contributed by atoms with E-state index in [1.807, 2.05) is 19.1 Å². The number of fused-ring (bicyclic) bond motifs is 2. The number of anilines is 2. The van der Waals surface area contributed by atoms with Crippen molar-refractivity contribution >= 4 is 28.3 Å². The molecule has 8 heteroatoms. The molecule has 2 aromatic heterocycles. The number of benzene rings is 1. The maximum atomic E-state index is 13.5. The molecule has 4 heterocycles. The van der Waals surface area contributed by atoms with Crippen LogP contribution in [0.25, 0.3) is 10.9 Å². The fourth-order valence-electron chi connectivity index (χ4n) is 4.64. The van der Waals surface area contributed by atoms with E-state index in [0.29, 0.717) is 47.6 Å². The molecule has 2 aliphatic heterocycles. The predicted octanol–water partition coefficient (Wildman–Crippen LogP) is 3.51. The Balaban J connectivity index is 1.55. The number of aromatic amines is 1. The second kappa shape index (κ2) is 7.94. The number of carbonyl (C=O) groups is 1. The van der Waals surface area contributed by atoms with Crippen molar-refractivity contribution in [2.45, 2.75) is 45.9 Å². The van der Waals surface area contributed by atoms with Crippen LogP contribution >= 0.6 is 0 Å². The normalized spacial score (nSPS) is 17.6. The fourth-order valence-corrected chi connectivity index (χ4v) is 4.64. The van der Waals surface area contributed by atoms with Gasteiger partial charge >= 0.3 is 0 Å². The van der Waals surface area contributed by atoms with Crippen molar-refractivity contribution in [3.8, 4) is 5.75 Å². The molecular formula is C24H26N4O4. The second-order valence-electron chi connectivity index (χ2n) is 8.51. The van der Waals surface area contributed by atoms with Gasteiger partial charge in [0.15, 0.2) is 0 Å². The van der Waals surface area contributed by atoms with Gasteiger partial charge in [0.2, 0.25) is 5.56 Å². The van der Waals surface area contributed by atoms with E-state index in [4.69, 9.17) is 14.5 Å². The molecule has 0 unspecified atom stereocenters. The number of hydrogen-bond acceptors (Lipinski definition) is 6. The van der Waals surface area contributed by atoms with Crippen molar-refractivity contribution in [3.63, 3.8) is 0 Å². The molecule has 0 aliphatic carbocycles. The zero-order chi connectivity index (χ0) is 22.4. The van der Waals surface area contributed by atoms with E-state index in [1.165, 1.54) is 13.2 Å². The van der Waals surface area contributed by atoms with Gasteiger partial charge < -0.3 is 24.7 Å². The molecule has 0 bridgehead atoms. The molecule has 0 radical (unpaired) electrons. The van der Waals surface area contributed by atoms with Crippen LogP contribution in [0.3, 0.4) is 0 Å². The third kappa shape index (κ3) is 3.50. The summed E-state index contributed by atoms with van der Waals surface area (Å²) in [6, 6.07) is 7.34. The molecule has 2 N–H and O–H groups in total. The number of rotatable bonds is 4. The maximum absolute atomic E-state index is 13.5. The van der Waals surface area contributed by atoms with Crippen LogP contribution in [0.2, 0.25) is 0 Å². The highest BCUT2D eigenvalue weighted by molar-refractivity contribution is 6.09. The minimum absolute atomic E-state index is 0.194. The van der Waals surface area contributed by atoms with E-state index in [-0.39, 0.29) is 11.5 Å². The lowest BCUT2D eigenvalue weighted by molar-refractivity contribution is 0.102. The van der Waals surface area contributed by atoms with Gasteiger partial charge in [-0.1, -0.05) is 0 Å². The first-order valence-electron chi connectivity index (χ1n) is 10.8. The Labute approximate surface area is 185 Å². The Morgan fingerprint density at radius 3 is 2.88 bits per heavy atom. The highest BCUT2D eigenvalue weighted by Crippen LogP contribution is 2.33. The molecule has 1 amide bonds. The standard InChI is InChI=1S/C24H26N4O4/c1-13-7-21(29)27-22-17(13)9-16(10-20(22)31-3)25-24(30)18-8-15-11-32-12-19(15)26-23(18)28-6-4-5-14(28)2/h7-10,14H,4-6,11-12H2,1-3H3,(H,25,30)(H,27,29)/t14-/m1/s1. The number of carbonyl (C=O) groups excluding carboxylic acids is 1. The molecule has 8 nitrogen and oxygen atoms in total. The molecule has 166 valence electrons. The zero-order valence-electron chi connectivity index (χ0n) is 18.4. The molecule has 1 aromatic carbocycles. The van der Waals surface area contributed by atoms with Crippen LogP contribution < -0.4 is 20.5 Å². The molecule has 2 aliphatic rings. The molecule has 5 rings (SSSR count). The van der Waals surface area contributed by atoms with Gasteiger partial charge in [-0.05, 0) is 44.4 Å². The summed E-state index contributed by atoms with van der Waals surface area (Å²) in [6.07, 6.45) is 2.16. The van der Waals surface area contributed by atoms with Crippen molar-refractivity contribution in [3.05, 3.63) is 57.0 Å². The molecule has 0 spiro atoms. The lowest BCUT2D eigenvalue weighted by Gasteiger charge is -2.25. The topological polar surface area (TPSA) is 96.5 Å². The molecule has 0 saturated carbocycles. The third-order valence-electron chi connectivity index (χ3n) is 6.34. The molecule has 1 fully saturated rings. The van der Waals surface area contributed by atoms with Gasteiger partial charge in [-0.25, -0.2) is 4.98 Å². The van der Waals surface area contributed by atoms with Gasteiger partial charge in [0, 0.05) is 41.4 Å². The van der Waals surface area contributed by atoms with Crippen molar-refractivity contribution in [2.24, 2.45) is 0 Å². The molecule has 32 heavy (non-hydrogen) atoms. The van der Waals surface area contributed by atoms with Crippen LogP contribution in [0.4, 0.5) is 11.5 Å². The number of ether oxygens (including phenoxy) is 2. The average molecular weight is 434 g/mol. The Morgan fingerprint density at radius 1 is 1.28 bits per heavy atom. The minimum atomic E-state index is -0.232. The van der Waals surface area contributed by atoms with Crippen molar-refractivity contribution in [2.75, 3.05) is 23.9 Å². The van der Waals surface area contributed by atoms with E-state index in [2.05, 4.69) is 22.1 Å². The van der Waals surface area contributed by atoms with E-state index in [0.717, 1.165) is 41.6 Å². The fraction of sp³-hybridized carbons (Fsp3) is 0.375. The van der Waals surface area contributed by atoms with Gasteiger partial charge in [-0.2, -0.15) is 0 Å². The van der Waals surface area contributed by atoms with Crippen LogP contribution in [0.15, 0.2) is 29.1 Å². The number of methoxy groups -OCH3 is 1. The average Bonchev–Trinajstić information content (AvgIpc) is 3.40. The molecule has 1 atom stereocenters. The lowest BCUT2D eigenvalue weighted by atomic mass is 10.1. The summed E-state index contributed by atoms with van der Waals surface area (Å²) in [5.74, 6) is 0.974. The van der Waals surface area contributed by atoms with Crippen LogP contribution in [0, 0.1) is 6.92 Å². The first-order chi connectivity index (χ1) is 15.4. The van der Waals surface area contributed by atoms with Gasteiger partial charge in [0.05, 0.1) is 37.1 Å². The highest BCUT2D eigenvalue weighted by atomic mass is 16.5. The predicted molar refractivity (Wildman–Crippen MR) is 123 cm³/mol. The smallest absolute Gasteiger partial charge is 0.259 e. The van der Waals surface area contributed by atoms with Crippen LogP contribution in [0.5, 0.6) is 5.75 Å². The number of pyridine rings is 2. The number of nitrogens with zero attached hydrogens (tertiary/aromatic N) is 2. The summed E-state index contributed by atoms with van der Waals surface area (Å²) >= 11 is 0. The second-order valence-corrected chi connectivity index (χ2v) is 8.51. The highest BCUT2D eigenvalue weighted by Gasteiger charge is 2.29.